The standard InChI is InChI=1S/C21H31N3O6/c1-16(25)22-15-21(28)6-7-23(13-19(21)26)12-17-2-4-18(5-3-17)30-14-20(27)24-8-10-29-11-9-24/h2-5,19,26,28H,6-15H2,1H3,(H,22,25)/t19-,21-/m1/s1. The zero-order valence-corrected chi connectivity index (χ0v) is 17.4. The minimum atomic E-state index is -1.30. The van der Waals surface area contributed by atoms with Crippen molar-refractivity contribution >= 4 is 11.8 Å². The molecule has 0 saturated carbocycles. The Morgan fingerprint density at radius 1 is 1.23 bits per heavy atom. The lowest BCUT2D eigenvalue weighted by atomic mass is 9.88. The van der Waals surface area contributed by atoms with Crippen LogP contribution in [0.1, 0.15) is 18.9 Å². The third-order valence-electron chi connectivity index (χ3n) is 5.61. The number of nitrogens with one attached hydrogen (secondary N) is 1. The van der Waals surface area contributed by atoms with Gasteiger partial charge in [0.1, 0.15) is 11.4 Å². The van der Waals surface area contributed by atoms with Crippen molar-refractivity contribution in [3.63, 3.8) is 0 Å². The summed E-state index contributed by atoms with van der Waals surface area (Å²) in [4.78, 5) is 27.0. The van der Waals surface area contributed by atoms with E-state index in [1.165, 1.54) is 6.92 Å². The summed E-state index contributed by atoms with van der Waals surface area (Å²) in [6.07, 6.45) is -0.564. The molecule has 0 aliphatic carbocycles. The van der Waals surface area contributed by atoms with Crippen molar-refractivity contribution in [2.75, 3.05) is 52.5 Å². The van der Waals surface area contributed by atoms with Crippen LogP contribution in [-0.4, -0.2) is 96.1 Å². The summed E-state index contributed by atoms with van der Waals surface area (Å²) < 4.78 is 10.8. The Hall–Kier alpha value is -2.20. The number of amides is 2. The van der Waals surface area contributed by atoms with Crippen LogP contribution in [0.4, 0.5) is 0 Å². The van der Waals surface area contributed by atoms with Crippen molar-refractivity contribution in [3.8, 4) is 5.75 Å². The molecule has 0 unspecified atom stereocenters. The molecule has 0 aromatic heterocycles. The molecule has 166 valence electrons. The molecule has 0 spiro atoms. The van der Waals surface area contributed by atoms with Crippen molar-refractivity contribution in [3.05, 3.63) is 29.8 Å². The molecule has 2 fully saturated rings. The van der Waals surface area contributed by atoms with Crippen LogP contribution in [0.5, 0.6) is 5.75 Å². The summed E-state index contributed by atoms with van der Waals surface area (Å²) in [5.74, 6) is 0.354. The fraction of sp³-hybridized carbons (Fsp3) is 0.619. The van der Waals surface area contributed by atoms with Gasteiger partial charge in [-0.1, -0.05) is 12.1 Å². The van der Waals surface area contributed by atoms with Crippen LogP contribution in [0.2, 0.25) is 0 Å². The van der Waals surface area contributed by atoms with E-state index in [2.05, 4.69) is 10.2 Å². The van der Waals surface area contributed by atoms with Crippen molar-refractivity contribution in [2.45, 2.75) is 31.6 Å². The normalized spacial score (nSPS) is 25.0. The first-order valence-electron chi connectivity index (χ1n) is 10.3. The van der Waals surface area contributed by atoms with E-state index in [1.807, 2.05) is 24.3 Å². The van der Waals surface area contributed by atoms with E-state index in [9.17, 15) is 19.8 Å². The molecule has 2 aliphatic heterocycles. The molecular formula is C21H31N3O6. The summed E-state index contributed by atoms with van der Waals surface area (Å²) in [5.41, 5.74) is -0.256. The summed E-state index contributed by atoms with van der Waals surface area (Å²) in [7, 11) is 0. The van der Waals surface area contributed by atoms with Gasteiger partial charge in [-0.25, -0.2) is 0 Å². The summed E-state index contributed by atoms with van der Waals surface area (Å²) in [5, 5.41) is 23.5. The number of piperidine rings is 1. The molecule has 0 radical (unpaired) electrons. The van der Waals surface area contributed by atoms with E-state index < -0.39 is 11.7 Å². The molecule has 3 rings (SSSR count). The van der Waals surface area contributed by atoms with Crippen molar-refractivity contribution in [2.24, 2.45) is 0 Å². The second kappa shape index (κ2) is 10.2. The number of benzene rings is 1. The fourth-order valence-corrected chi connectivity index (χ4v) is 3.65. The van der Waals surface area contributed by atoms with Gasteiger partial charge < -0.3 is 29.9 Å². The van der Waals surface area contributed by atoms with Gasteiger partial charge in [0.25, 0.3) is 5.91 Å². The fourth-order valence-electron chi connectivity index (χ4n) is 3.65. The highest BCUT2D eigenvalue weighted by Gasteiger charge is 2.40. The van der Waals surface area contributed by atoms with Crippen LogP contribution in [0, 0.1) is 0 Å². The number of nitrogens with zero attached hydrogens (tertiary/aromatic N) is 2. The van der Waals surface area contributed by atoms with Crippen LogP contribution in [-0.2, 0) is 20.9 Å². The van der Waals surface area contributed by atoms with E-state index >= 15 is 0 Å². The smallest absolute Gasteiger partial charge is 0.260 e. The summed E-state index contributed by atoms with van der Waals surface area (Å²) >= 11 is 0. The van der Waals surface area contributed by atoms with Crippen molar-refractivity contribution < 1.29 is 29.3 Å². The molecule has 2 amide bonds. The monoisotopic (exact) mass is 421 g/mol. The number of hydrogen-bond acceptors (Lipinski definition) is 7. The largest absolute Gasteiger partial charge is 0.484 e. The number of aliphatic hydroxyl groups is 2. The second-order valence-corrected chi connectivity index (χ2v) is 7.94. The predicted molar refractivity (Wildman–Crippen MR) is 109 cm³/mol. The Kier molecular flexibility index (Phi) is 7.65. The van der Waals surface area contributed by atoms with Gasteiger partial charge in [-0.3, -0.25) is 14.5 Å². The number of morpholine rings is 1. The van der Waals surface area contributed by atoms with Crippen molar-refractivity contribution in [1.82, 2.24) is 15.1 Å². The number of hydrogen-bond donors (Lipinski definition) is 3. The molecule has 1 aromatic carbocycles. The van der Waals surface area contributed by atoms with Gasteiger partial charge in [-0.2, -0.15) is 0 Å². The third-order valence-corrected chi connectivity index (χ3v) is 5.61. The van der Waals surface area contributed by atoms with Crippen molar-refractivity contribution in [1.29, 1.82) is 0 Å². The number of aliphatic hydroxyl groups excluding tert-OH is 1. The number of carbonyl (C=O) groups excluding carboxylic acids is 2. The topological polar surface area (TPSA) is 112 Å². The number of carbonyl (C=O) groups is 2. The Bertz CT molecular complexity index is 722. The highest BCUT2D eigenvalue weighted by Crippen LogP contribution is 2.24. The van der Waals surface area contributed by atoms with E-state index in [-0.39, 0.29) is 25.0 Å². The molecule has 2 aliphatic rings. The number of ether oxygens (including phenoxy) is 2. The highest BCUT2D eigenvalue weighted by atomic mass is 16.5. The van der Waals surface area contributed by atoms with Crippen LogP contribution in [0.3, 0.4) is 0 Å². The van der Waals surface area contributed by atoms with E-state index in [1.54, 1.807) is 4.90 Å². The van der Waals surface area contributed by atoms with E-state index in [4.69, 9.17) is 9.47 Å². The lowest BCUT2D eigenvalue weighted by molar-refractivity contribution is -0.137. The van der Waals surface area contributed by atoms with Crippen LogP contribution in [0.25, 0.3) is 0 Å². The van der Waals surface area contributed by atoms with Gasteiger partial charge in [-0.05, 0) is 24.1 Å². The molecule has 3 N–H and O–H groups in total. The Labute approximate surface area is 176 Å². The average Bonchev–Trinajstić information content (AvgIpc) is 2.75. The lowest BCUT2D eigenvalue weighted by Crippen LogP contribution is -2.59. The minimum Gasteiger partial charge on any atom is -0.484 e. The third kappa shape index (κ3) is 6.15. The summed E-state index contributed by atoms with van der Waals surface area (Å²) in [6.45, 7) is 5.33. The minimum absolute atomic E-state index is 0.00451. The van der Waals surface area contributed by atoms with Gasteiger partial charge >= 0.3 is 0 Å². The number of β-amino-alcohol motifs (C(OH)–C–C–N with tert-alkyl or cyclic N) is 1. The Morgan fingerprint density at radius 2 is 1.93 bits per heavy atom. The summed E-state index contributed by atoms with van der Waals surface area (Å²) in [6, 6.07) is 7.52. The maximum atomic E-state index is 12.1. The molecule has 9 heteroatoms. The SMILES string of the molecule is CC(=O)NC[C@]1(O)CCN(Cc2ccc(OCC(=O)N3CCOCC3)cc2)C[C@H]1O. The molecule has 0 bridgehead atoms. The van der Waals surface area contributed by atoms with E-state index in [0.29, 0.717) is 58.1 Å². The maximum absolute atomic E-state index is 12.1. The number of likely N-dealkylation sites (tertiary alicyclic amines) is 1. The van der Waals surface area contributed by atoms with E-state index in [0.717, 1.165) is 5.56 Å². The maximum Gasteiger partial charge on any atom is 0.260 e. The van der Waals surface area contributed by atoms with Gasteiger partial charge in [0, 0.05) is 46.2 Å². The second-order valence-electron chi connectivity index (χ2n) is 7.94. The molecule has 1 aromatic rings. The molecule has 9 nitrogen and oxygen atoms in total. The molecule has 30 heavy (non-hydrogen) atoms. The van der Waals surface area contributed by atoms with Crippen LogP contribution >= 0.6 is 0 Å². The first kappa shape index (κ1) is 22.5. The van der Waals surface area contributed by atoms with Gasteiger partial charge in [-0.15, -0.1) is 0 Å². The van der Waals surface area contributed by atoms with Gasteiger partial charge in [0.05, 0.1) is 19.3 Å². The van der Waals surface area contributed by atoms with Gasteiger partial charge in [0.2, 0.25) is 5.91 Å². The number of rotatable bonds is 7. The zero-order valence-electron chi connectivity index (χ0n) is 17.4. The first-order valence-corrected chi connectivity index (χ1v) is 10.3. The lowest BCUT2D eigenvalue weighted by Gasteiger charge is -2.42. The van der Waals surface area contributed by atoms with Gasteiger partial charge in [0.15, 0.2) is 6.61 Å². The first-order chi connectivity index (χ1) is 14.4. The Balaban J connectivity index is 1.44. The molecular weight excluding hydrogens is 390 g/mol. The molecule has 2 saturated heterocycles. The Morgan fingerprint density at radius 3 is 2.57 bits per heavy atom. The zero-order chi connectivity index (χ0) is 21.6. The quantitative estimate of drug-likeness (QED) is 0.537. The average molecular weight is 421 g/mol. The highest BCUT2D eigenvalue weighted by molar-refractivity contribution is 5.77. The predicted octanol–water partition coefficient (Wildman–Crippen LogP) is -0.642. The van der Waals surface area contributed by atoms with Crippen LogP contribution in [0.15, 0.2) is 24.3 Å². The van der Waals surface area contributed by atoms with Crippen LogP contribution < -0.4 is 10.1 Å². The molecule has 2 heterocycles. The molecule has 2 atom stereocenters.